The van der Waals surface area contributed by atoms with Crippen LogP contribution in [0.25, 0.3) is 0 Å². The van der Waals surface area contributed by atoms with E-state index in [-0.39, 0.29) is 5.88 Å². The Morgan fingerprint density at radius 3 is 2.83 bits per heavy atom. The lowest BCUT2D eigenvalue weighted by Gasteiger charge is -1.96. The van der Waals surface area contributed by atoms with Crippen molar-refractivity contribution in [1.29, 1.82) is 0 Å². The molecule has 0 aliphatic carbocycles. The number of hydrogen-bond donors (Lipinski definition) is 0. The second kappa shape index (κ2) is 3.84. The Balaban J connectivity index is 2.75. The van der Waals surface area contributed by atoms with Crippen LogP contribution >= 0.6 is 15.9 Å². The van der Waals surface area contributed by atoms with Crippen LogP contribution in [0, 0.1) is 0 Å². The van der Waals surface area contributed by atoms with E-state index in [2.05, 4.69) is 25.8 Å². The summed E-state index contributed by atoms with van der Waals surface area (Å²) in [5.74, 6) is -0.0537. The average molecular weight is 241 g/mol. The van der Waals surface area contributed by atoms with Gasteiger partial charge in [0.05, 0.1) is 5.69 Å². The molecule has 0 radical (unpaired) electrons. The fourth-order valence-corrected chi connectivity index (χ4v) is 1.28. The molecule has 1 aromatic heterocycles. The number of ether oxygens (including phenoxy) is 1. The van der Waals surface area contributed by atoms with E-state index in [9.17, 15) is 8.78 Å². The Hall–Kier alpha value is -0.650. The third-order valence-corrected chi connectivity index (χ3v) is 1.88. The molecule has 0 aromatic carbocycles. The largest absolute Gasteiger partial charge is 0.415 e. The van der Waals surface area contributed by atoms with Crippen LogP contribution in [0.3, 0.4) is 0 Å². The van der Waals surface area contributed by atoms with Gasteiger partial charge in [0.2, 0.25) is 5.88 Å². The number of alkyl halides is 3. The molecule has 0 aliphatic heterocycles. The SMILES string of the molecule is Cn1nc(OC(F)F)cc1CBr. The van der Waals surface area contributed by atoms with Crippen LogP contribution in [0.1, 0.15) is 5.69 Å². The first kappa shape index (κ1) is 9.44. The van der Waals surface area contributed by atoms with Crippen LogP contribution in [0.5, 0.6) is 5.88 Å². The Bertz CT molecular complexity index is 264. The fraction of sp³-hybridized carbons (Fsp3) is 0.500. The number of halogens is 3. The van der Waals surface area contributed by atoms with Gasteiger partial charge >= 0.3 is 6.61 Å². The van der Waals surface area contributed by atoms with Crippen molar-refractivity contribution < 1.29 is 13.5 Å². The minimum Gasteiger partial charge on any atom is -0.415 e. The number of aryl methyl sites for hydroxylation is 1. The van der Waals surface area contributed by atoms with Gasteiger partial charge in [0.25, 0.3) is 0 Å². The third-order valence-electron chi connectivity index (χ3n) is 1.30. The normalized spacial score (nSPS) is 10.8. The van der Waals surface area contributed by atoms with Crippen LogP contribution in [0.2, 0.25) is 0 Å². The molecule has 3 nitrogen and oxygen atoms in total. The molecule has 6 heteroatoms. The first-order valence-corrected chi connectivity index (χ1v) is 4.29. The van der Waals surface area contributed by atoms with Gasteiger partial charge in [0, 0.05) is 18.4 Å². The van der Waals surface area contributed by atoms with E-state index in [1.165, 1.54) is 10.7 Å². The van der Waals surface area contributed by atoms with E-state index in [4.69, 9.17) is 0 Å². The number of nitrogens with zero attached hydrogens (tertiary/aromatic N) is 2. The van der Waals surface area contributed by atoms with Gasteiger partial charge < -0.3 is 4.74 Å². The van der Waals surface area contributed by atoms with Crippen molar-refractivity contribution in [3.8, 4) is 5.88 Å². The monoisotopic (exact) mass is 240 g/mol. The highest BCUT2D eigenvalue weighted by Crippen LogP contribution is 2.15. The molecule has 1 heterocycles. The van der Waals surface area contributed by atoms with Crippen molar-refractivity contribution in [2.75, 3.05) is 0 Å². The van der Waals surface area contributed by atoms with Gasteiger partial charge in [0.15, 0.2) is 0 Å². The Morgan fingerprint density at radius 2 is 2.42 bits per heavy atom. The second-order valence-corrected chi connectivity index (χ2v) is 2.67. The molecule has 1 rings (SSSR count). The highest BCUT2D eigenvalue weighted by atomic mass is 79.9. The molecule has 0 unspecified atom stereocenters. The van der Waals surface area contributed by atoms with Gasteiger partial charge in [-0.15, -0.1) is 5.10 Å². The summed E-state index contributed by atoms with van der Waals surface area (Å²) in [5.41, 5.74) is 0.783. The Labute approximate surface area is 76.4 Å². The molecule has 0 spiro atoms. The molecular formula is C6H7BrF2N2O. The van der Waals surface area contributed by atoms with Crippen molar-refractivity contribution in [2.45, 2.75) is 11.9 Å². The van der Waals surface area contributed by atoms with E-state index in [1.54, 1.807) is 7.05 Å². The fourth-order valence-electron chi connectivity index (χ4n) is 0.751. The first-order chi connectivity index (χ1) is 5.63. The van der Waals surface area contributed by atoms with Crippen LogP contribution < -0.4 is 4.74 Å². The van der Waals surface area contributed by atoms with Gasteiger partial charge in [0.1, 0.15) is 0 Å². The second-order valence-electron chi connectivity index (χ2n) is 2.11. The zero-order chi connectivity index (χ0) is 9.14. The summed E-state index contributed by atoms with van der Waals surface area (Å²) < 4.78 is 28.9. The molecule has 0 fully saturated rings. The maximum Gasteiger partial charge on any atom is 0.388 e. The summed E-state index contributed by atoms with van der Waals surface area (Å²) in [6, 6.07) is 1.46. The van der Waals surface area contributed by atoms with Crippen molar-refractivity contribution in [1.82, 2.24) is 9.78 Å². The molecule has 0 N–H and O–H groups in total. The number of hydrogen-bond acceptors (Lipinski definition) is 2. The number of rotatable bonds is 3. The first-order valence-electron chi connectivity index (χ1n) is 3.17. The molecule has 0 saturated heterocycles. The van der Waals surface area contributed by atoms with Crippen LogP contribution in [-0.2, 0) is 12.4 Å². The highest BCUT2D eigenvalue weighted by Gasteiger charge is 2.09. The lowest BCUT2D eigenvalue weighted by Crippen LogP contribution is -2.02. The van der Waals surface area contributed by atoms with Gasteiger partial charge in [-0.1, -0.05) is 15.9 Å². The van der Waals surface area contributed by atoms with Gasteiger partial charge in [-0.3, -0.25) is 4.68 Å². The quantitative estimate of drug-likeness (QED) is 0.756. The number of aromatic nitrogens is 2. The van der Waals surface area contributed by atoms with Crippen molar-refractivity contribution in [3.63, 3.8) is 0 Å². The Kier molecular flexibility index (Phi) is 3.02. The van der Waals surface area contributed by atoms with E-state index in [0.29, 0.717) is 5.33 Å². The zero-order valence-corrected chi connectivity index (χ0v) is 7.88. The van der Waals surface area contributed by atoms with Crippen LogP contribution in [-0.4, -0.2) is 16.4 Å². The predicted molar refractivity (Wildman–Crippen MR) is 42.5 cm³/mol. The molecule has 0 bridgehead atoms. The summed E-state index contributed by atoms with van der Waals surface area (Å²) in [5, 5.41) is 4.26. The zero-order valence-electron chi connectivity index (χ0n) is 6.30. The van der Waals surface area contributed by atoms with E-state index in [0.717, 1.165) is 5.69 Å². The maximum absolute atomic E-state index is 11.7. The van der Waals surface area contributed by atoms with Gasteiger partial charge in [-0.05, 0) is 0 Å². The van der Waals surface area contributed by atoms with Crippen LogP contribution in [0.15, 0.2) is 6.07 Å². The topological polar surface area (TPSA) is 27.1 Å². The molecule has 0 amide bonds. The van der Waals surface area contributed by atoms with Gasteiger partial charge in [-0.25, -0.2) is 0 Å². The van der Waals surface area contributed by atoms with E-state index in [1.807, 2.05) is 0 Å². The lowest BCUT2D eigenvalue weighted by atomic mass is 10.5. The molecule has 0 atom stereocenters. The van der Waals surface area contributed by atoms with Crippen molar-refractivity contribution in [3.05, 3.63) is 11.8 Å². The predicted octanol–water partition coefficient (Wildman–Crippen LogP) is 1.92. The molecule has 1 aromatic rings. The molecule has 0 saturated carbocycles. The third kappa shape index (κ3) is 2.17. The summed E-state index contributed by atoms with van der Waals surface area (Å²) >= 11 is 3.18. The summed E-state index contributed by atoms with van der Waals surface area (Å²) in [6.45, 7) is -2.82. The van der Waals surface area contributed by atoms with Crippen molar-refractivity contribution in [2.24, 2.45) is 7.05 Å². The molecule has 68 valence electrons. The Morgan fingerprint density at radius 1 is 1.75 bits per heavy atom. The smallest absolute Gasteiger partial charge is 0.388 e. The lowest BCUT2D eigenvalue weighted by molar-refractivity contribution is -0.0531. The minimum atomic E-state index is -2.82. The molecule has 12 heavy (non-hydrogen) atoms. The summed E-state index contributed by atoms with van der Waals surface area (Å²) in [7, 11) is 1.66. The minimum absolute atomic E-state index is 0.0537. The van der Waals surface area contributed by atoms with Crippen LogP contribution in [0.4, 0.5) is 8.78 Å². The average Bonchev–Trinajstić information content (AvgIpc) is 2.29. The van der Waals surface area contributed by atoms with Gasteiger partial charge in [-0.2, -0.15) is 8.78 Å². The van der Waals surface area contributed by atoms with Crippen molar-refractivity contribution >= 4 is 15.9 Å². The van der Waals surface area contributed by atoms with E-state index >= 15 is 0 Å². The summed E-state index contributed by atoms with van der Waals surface area (Å²) in [4.78, 5) is 0. The highest BCUT2D eigenvalue weighted by molar-refractivity contribution is 9.08. The summed E-state index contributed by atoms with van der Waals surface area (Å²) in [6.07, 6.45) is 0. The standard InChI is InChI=1S/C6H7BrF2N2O/c1-11-4(3-7)2-5(10-11)12-6(8)9/h2,6H,3H2,1H3. The molecule has 0 aliphatic rings. The molecular weight excluding hydrogens is 234 g/mol. The van der Waals surface area contributed by atoms with E-state index < -0.39 is 6.61 Å². The maximum atomic E-state index is 11.7.